The number of pyridine rings is 2. The SMILES string of the molecule is CC(C)n1c(=O)[nH]c2nccc(Oc3ccc(NC(=O)c4cnn(-c5ncccc5Cl)c4C(F)(F)F)cc3F)c21. The average molecular weight is 576 g/mol. The number of nitrogens with zero attached hydrogens (tertiary/aromatic N) is 5. The van der Waals surface area contributed by atoms with Crippen LogP contribution in [0.5, 0.6) is 11.5 Å². The van der Waals surface area contributed by atoms with E-state index in [4.69, 9.17) is 16.3 Å². The molecule has 4 heterocycles. The lowest BCUT2D eigenvalue weighted by molar-refractivity contribution is -0.143. The molecule has 5 aromatic rings. The predicted molar refractivity (Wildman–Crippen MR) is 137 cm³/mol. The van der Waals surface area contributed by atoms with Crippen molar-refractivity contribution in [3.05, 3.63) is 87.6 Å². The Morgan fingerprint density at radius 1 is 1.12 bits per heavy atom. The number of carbonyl (C=O) groups is 1. The Morgan fingerprint density at radius 3 is 2.58 bits per heavy atom. The first-order chi connectivity index (χ1) is 19.0. The lowest BCUT2D eigenvalue weighted by Gasteiger charge is -2.14. The zero-order chi connectivity index (χ0) is 28.8. The van der Waals surface area contributed by atoms with Crippen LogP contribution in [0, 0.1) is 5.82 Å². The minimum Gasteiger partial charge on any atom is -0.452 e. The number of hydrogen-bond acceptors (Lipinski definition) is 6. The van der Waals surface area contributed by atoms with Gasteiger partial charge in [0.15, 0.2) is 34.5 Å². The number of imidazole rings is 1. The summed E-state index contributed by atoms with van der Waals surface area (Å²) in [6.07, 6.45) is -1.68. The van der Waals surface area contributed by atoms with Crippen LogP contribution in [0.15, 0.2) is 59.8 Å². The Morgan fingerprint density at radius 2 is 1.90 bits per heavy atom. The first-order valence-electron chi connectivity index (χ1n) is 11.6. The lowest BCUT2D eigenvalue weighted by atomic mass is 10.2. The van der Waals surface area contributed by atoms with Crippen molar-refractivity contribution in [2.45, 2.75) is 26.1 Å². The van der Waals surface area contributed by atoms with E-state index in [9.17, 15) is 22.8 Å². The van der Waals surface area contributed by atoms with Crippen molar-refractivity contribution in [1.82, 2.24) is 29.3 Å². The molecule has 0 atom stereocenters. The van der Waals surface area contributed by atoms with Gasteiger partial charge in [-0.3, -0.25) is 14.3 Å². The molecular formula is C25H18ClF4N7O3. The first kappa shape index (κ1) is 26.9. The van der Waals surface area contributed by atoms with E-state index in [0.29, 0.717) is 10.2 Å². The molecule has 5 rings (SSSR count). The maximum Gasteiger partial charge on any atom is 0.434 e. The number of H-pyrrole nitrogens is 1. The summed E-state index contributed by atoms with van der Waals surface area (Å²) in [5, 5.41) is 5.79. The van der Waals surface area contributed by atoms with Crippen LogP contribution in [0.4, 0.5) is 23.2 Å². The molecule has 0 saturated carbocycles. The van der Waals surface area contributed by atoms with Gasteiger partial charge in [0.1, 0.15) is 5.52 Å². The Kier molecular flexibility index (Phi) is 6.79. The van der Waals surface area contributed by atoms with E-state index in [-0.39, 0.29) is 39.7 Å². The van der Waals surface area contributed by atoms with Crippen molar-refractivity contribution in [3.63, 3.8) is 0 Å². The average Bonchev–Trinajstić information content (AvgIpc) is 3.47. The van der Waals surface area contributed by atoms with Crippen molar-refractivity contribution < 1.29 is 27.1 Å². The Balaban J connectivity index is 1.44. The molecule has 4 aromatic heterocycles. The highest BCUT2D eigenvalue weighted by molar-refractivity contribution is 6.32. The molecule has 206 valence electrons. The number of aromatic amines is 1. The summed E-state index contributed by atoms with van der Waals surface area (Å²) < 4.78 is 64.4. The highest BCUT2D eigenvalue weighted by Gasteiger charge is 2.41. The minimum absolute atomic E-state index is 0.114. The zero-order valence-electron chi connectivity index (χ0n) is 20.6. The van der Waals surface area contributed by atoms with Gasteiger partial charge in [-0.05, 0) is 38.1 Å². The van der Waals surface area contributed by atoms with Crippen LogP contribution in [0.25, 0.3) is 17.0 Å². The number of rotatable bonds is 6. The number of amides is 1. The predicted octanol–water partition coefficient (Wildman–Crippen LogP) is 5.74. The fourth-order valence-corrected chi connectivity index (χ4v) is 4.26. The van der Waals surface area contributed by atoms with E-state index in [1.165, 1.54) is 47.3 Å². The Labute approximate surface area is 227 Å². The number of fused-ring (bicyclic) bond motifs is 1. The molecule has 1 aromatic carbocycles. The van der Waals surface area contributed by atoms with E-state index in [1.807, 2.05) is 0 Å². The zero-order valence-corrected chi connectivity index (χ0v) is 21.4. The van der Waals surface area contributed by atoms with Crippen molar-refractivity contribution in [2.24, 2.45) is 0 Å². The number of nitrogens with one attached hydrogen (secondary N) is 2. The number of alkyl halides is 3. The highest BCUT2D eigenvalue weighted by Crippen LogP contribution is 2.35. The molecule has 0 unspecified atom stereocenters. The maximum absolute atomic E-state index is 15.0. The van der Waals surface area contributed by atoms with Gasteiger partial charge in [0.2, 0.25) is 0 Å². The van der Waals surface area contributed by atoms with Gasteiger partial charge in [-0.15, -0.1) is 0 Å². The van der Waals surface area contributed by atoms with Gasteiger partial charge in [-0.1, -0.05) is 11.6 Å². The van der Waals surface area contributed by atoms with Gasteiger partial charge in [-0.25, -0.2) is 23.8 Å². The molecular weight excluding hydrogens is 558 g/mol. The number of halogens is 5. The molecule has 0 radical (unpaired) electrons. The number of aromatic nitrogens is 6. The molecule has 10 nitrogen and oxygen atoms in total. The second-order valence-corrected chi connectivity index (χ2v) is 9.13. The molecule has 1 amide bonds. The Hall–Kier alpha value is -4.72. The molecule has 0 bridgehead atoms. The lowest BCUT2D eigenvalue weighted by Crippen LogP contribution is -2.21. The second-order valence-electron chi connectivity index (χ2n) is 8.73. The van der Waals surface area contributed by atoms with Gasteiger partial charge in [0, 0.05) is 36.3 Å². The van der Waals surface area contributed by atoms with Crippen LogP contribution in [0.3, 0.4) is 0 Å². The van der Waals surface area contributed by atoms with Gasteiger partial charge in [0.25, 0.3) is 5.91 Å². The van der Waals surface area contributed by atoms with Crippen LogP contribution in [-0.4, -0.2) is 35.2 Å². The van der Waals surface area contributed by atoms with Crippen LogP contribution in [-0.2, 0) is 6.18 Å². The minimum atomic E-state index is -5.00. The monoisotopic (exact) mass is 575 g/mol. The normalized spacial score (nSPS) is 11.8. The van der Waals surface area contributed by atoms with E-state index >= 15 is 4.39 Å². The third-order valence-corrected chi connectivity index (χ3v) is 6.02. The molecule has 0 aliphatic heterocycles. The first-order valence-corrected chi connectivity index (χ1v) is 12.0. The summed E-state index contributed by atoms with van der Waals surface area (Å²) in [4.78, 5) is 35.7. The Bertz CT molecular complexity index is 1810. The summed E-state index contributed by atoms with van der Waals surface area (Å²) in [7, 11) is 0. The standard InChI is InChI=1S/C25H18ClF4N7O3/c1-12(2)36-19-18(7-9-31-21(19)35-24(36)39)40-17-6-5-13(10-16(17)27)34-23(38)14-11-33-37(20(14)25(28,29)30)22-15(26)4-3-8-32-22/h3-12H,1-2H3,(H,34,38)(H,31,35,39). The summed E-state index contributed by atoms with van der Waals surface area (Å²) in [5.74, 6) is -2.56. The highest BCUT2D eigenvalue weighted by atomic mass is 35.5. The number of benzene rings is 1. The number of anilines is 1. The molecule has 40 heavy (non-hydrogen) atoms. The summed E-state index contributed by atoms with van der Waals surface area (Å²) in [6.45, 7) is 3.56. The fourth-order valence-electron chi connectivity index (χ4n) is 4.06. The van der Waals surface area contributed by atoms with Crippen LogP contribution < -0.4 is 15.7 Å². The molecule has 0 saturated heterocycles. The fraction of sp³-hybridized carbons (Fsp3) is 0.160. The van der Waals surface area contributed by atoms with Crippen molar-refractivity contribution >= 4 is 34.4 Å². The maximum atomic E-state index is 15.0. The number of ether oxygens (including phenoxy) is 1. The van der Waals surface area contributed by atoms with E-state index in [0.717, 1.165) is 12.3 Å². The van der Waals surface area contributed by atoms with Crippen LogP contribution in [0.1, 0.15) is 35.9 Å². The third-order valence-electron chi connectivity index (χ3n) is 5.72. The van der Waals surface area contributed by atoms with Gasteiger partial charge >= 0.3 is 11.9 Å². The van der Waals surface area contributed by atoms with Crippen LogP contribution in [0.2, 0.25) is 5.02 Å². The number of hydrogen-bond donors (Lipinski definition) is 2. The molecule has 0 fully saturated rings. The summed E-state index contributed by atoms with van der Waals surface area (Å²) >= 11 is 5.98. The molecule has 0 spiro atoms. The van der Waals surface area contributed by atoms with E-state index in [1.54, 1.807) is 13.8 Å². The van der Waals surface area contributed by atoms with Crippen LogP contribution >= 0.6 is 11.6 Å². The quantitative estimate of drug-likeness (QED) is 0.249. The smallest absolute Gasteiger partial charge is 0.434 e. The topological polar surface area (TPSA) is 120 Å². The number of carbonyl (C=O) groups excluding carboxylic acids is 1. The van der Waals surface area contributed by atoms with Gasteiger partial charge in [-0.2, -0.15) is 18.3 Å². The summed E-state index contributed by atoms with van der Waals surface area (Å²) in [5.41, 5.74) is -2.23. The molecule has 0 aliphatic rings. The molecule has 2 N–H and O–H groups in total. The second kappa shape index (κ2) is 10.1. The molecule has 15 heteroatoms. The summed E-state index contributed by atoms with van der Waals surface area (Å²) in [6, 6.07) is 7.26. The van der Waals surface area contributed by atoms with Crippen molar-refractivity contribution in [2.75, 3.05) is 5.32 Å². The third kappa shape index (κ3) is 4.88. The largest absolute Gasteiger partial charge is 0.452 e. The van der Waals surface area contributed by atoms with Crippen molar-refractivity contribution in [3.8, 4) is 17.3 Å². The van der Waals surface area contributed by atoms with E-state index in [2.05, 4.69) is 25.4 Å². The van der Waals surface area contributed by atoms with Crippen molar-refractivity contribution in [1.29, 1.82) is 0 Å². The van der Waals surface area contributed by atoms with Gasteiger partial charge in [0.05, 0.1) is 16.8 Å². The van der Waals surface area contributed by atoms with Gasteiger partial charge < -0.3 is 10.1 Å². The molecule has 0 aliphatic carbocycles. The van der Waals surface area contributed by atoms with E-state index < -0.39 is 34.8 Å².